The van der Waals surface area contributed by atoms with E-state index in [-0.39, 0.29) is 5.91 Å². The van der Waals surface area contributed by atoms with Crippen LogP contribution in [0.3, 0.4) is 0 Å². The number of carbonyl (C=O) groups is 1. The van der Waals surface area contributed by atoms with Crippen LogP contribution in [-0.4, -0.2) is 18.3 Å². The van der Waals surface area contributed by atoms with E-state index in [4.69, 9.17) is 11.6 Å². The number of halogens is 2. The molecule has 4 heteroatoms. The van der Waals surface area contributed by atoms with Gasteiger partial charge in [0.25, 0.3) is 5.91 Å². The van der Waals surface area contributed by atoms with Gasteiger partial charge >= 0.3 is 0 Å². The van der Waals surface area contributed by atoms with Crippen molar-refractivity contribution in [1.29, 1.82) is 0 Å². The Labute approximate surface area is 109 Å². The molecule has 0 spiro atoms. The Morgan fingerprint density at radius 2 is 2.25 bits per heavy atom. The van der Waals surface area contributed by atoms with Gasteiger partial charge in [-0.05, 0) is 30.7 Å². The van der Waals surface area contributed by atoms with Crippen molar-refractivity contribution < 1.29 is 4.79 Å². The van der Waals surface area contributed by atoms with Crippen molar-refractivity contribution in [2.45, 2.75) is 6.92 Å². The number of hydrogen-bond acceptors (Lipinski definition) is 1. The van der Waals surface area contributed by atoms with Crippen molar-refractivity contribution in [1.82, 2.24) is 5.32 Å². The second-order valence-corrected chi connectivity index (χ2v) is 4.52. The molecule has 0 aromatic heterocycles. The van der Waals surface area contributed by atoms with E-state index in [1.807, 2.05) is 25.1 Å². The van der Waals surface area contributed by atoms with E-state index in [2.05, 4.69) is 21.2 Å². The number of nitrogens with one attached hydrogen (secondary N) is 1. The lowest BCUT2D eigenvalue weighted by molar-refractivity contribution is 0.0957. The molecule has 0 aliphatic rings. The summed E-state index contributed by atoms with van der Waals surface area (Å²) in [6.07, 6.45) is 3.63. The lowest BCUT2D eigenvalue weighted by atomic mass is 10.1. The van der Waals surface area contributed by atoms with Crippen molar-refractivity contribution >= 4 is 33.4 Å². The summed E-state index contributed by atoms with van der Waals surface area (Å²) in [5, 5.41) is 2.79. The zero-order valence-electron chi connectivity index (χ0n) is 8.97. The Morgan fingerprint density at radius 1 is 1.50 bits per heavy atom. The van der Waals surface area contributed by atoms with Crippen LogP contribution in [0.4, 0.5) is 0 Å². The molecule has 16 heavy (non-hydrogen) atoms. The molecule has 1 aromatic carbocycles. The number of aryl methyl sites for hydroxylation is 1. The molecule has 0 aliphatic heterocycles. The quantitative estimate of drug-likeness (QED) is 0.671. The highest BCUT2D eigenvalue weighted by Gasteiger charge is 2.07. The molecule has 0 atom stereocenters. The molecule has 0 bridgehead atoms. The third kappa shape index (κ3) is 3.99. The monoisotopic (exact) mass is 301 g/mol. The lowest BCUT2D eigenvalue weighted by Crippen LogP contribution is -2.24. The van der Waals surface area contributed by atoms with E-state index in [1.165, 1.54) is 0 Å². The number of allylic oxidation sites excluding steroid dienone is 1. The summed E-state index contributed by atoms with van der Waals surface area (Å²) < 4.78 is 0.976. The lowest BCUT2D eigenvalue weighted by Gasteiger charge is -2.06. The number of benzene rings is 1. The van der Waals surface area contributed by atoms with Crippen molar-refractivity contribution in [3.05, 3.63) is 46.0 Å². The maximum atomic E-state index is 11.7. The van der Waals surface area contributed by atoms with Gasteiger partial charge in [-0.1, -0.05) is 28.1 Å². The predicted molar refractivity (Wildman–Crippen MR) is 71.1 cm³/mol. The standard InChI is InChI=1S/C12H13BrClNO/c1-9-8-10(13)4-5-11(9)12(16)15-7-3-2-6-14/h2-5,8H,6-7H2,1H3,(H,15,16)/b3-2+. The minimum atomic E-state index is -0.0655. The van der Waals surface area contributed by atoms with Crippen LogP contribution < -0.4 is 5.32 Å². The van der Waals surface area contributed by atoms with E-state index in [0.29, 0.717) is 18.0 Å². The topological polar surface area (TPSA) is 29.1 Å². The van der Waals surface area contributed by atoms with E-state index >= 15 is 0 Å². The molecule has 86 valence electrons. The number of amides is 1. The summed E-state index contributed by atoms with van der Waals surface area (Å²) in [7, 11) is 0. The van der Waals surface area contributed by atoms with Crippen LogP contribution in [0.2, 0.25) is 0 Å². The molecule has 0 unspecified atom stereocenters. The SMILES string of the molecule is Cc1cc(Br)ccc1C(=O)NC/C=C/CCl. The highest BCUT2D eigenvalue weighted by molar-refractivity contribution is 9.10. The molecule has 0 aliphatic carbocycles. The first-order valence-electron chi connectivity index (χ1n) is 4.90. The van der Waals surface area contributed by atoms with Crippen molar-refractivity contribution in [3.8, 4) is 0 Å². The zero-order chi connectivity index (χ0) is 12.0. The first kappa shape index (κ1) is 13.3. The summed E-state index contributed by atoms with van der Waals surface area (Å²) in [5.41, 5.74) is 1.65. The third-order valence-corrected chi connectivity index (χ3v) is 2.74. The fourth-order valence-corrected chi connectivity index (χ4v) is 1.88. The largest absolute Gasteiger partial charge is 0.349 e. The Bertz CT molecular complexity index is 404. The Balaban J connectivity index is 2.63. The first-order valence-corrected chi connectivity index (χ1v) is 6.23. The Hall–Kier alpha value is -0.800. The summed E-state index contributed by atoms with van der Waals surface area (Å²) in [5.74, 6) is 0.400. The molecule has 0 heterocycles. The zero-order valence-corrected chi connectivity index (χ0v) is 11.3. The van der Waals surface area contributed by atoms with Gasteiger partial charge in [0.1, 0.15) is 0 Å². The Kier molecular flexibility index (Phi) is 5.56. The fourth-order valence-electron chi connectivity index (χ4n) is 1.28. The number of hydrogen-bond donors (Lipinski definition) is 1. The number of carbonyl (C=O) groups excluding carboxylic acids is 1. The predicted octanol–water partition coefficient (Wildman–Crippen LogP) is 3.28. The van der Waals surface area contributed by atoms with Crippen LogP contribution >= 0.6 is 27.5 Å². The number of rotatable bonds is 4. The van der Waals surface area contributed by atoms with Gasteiger partial charge < -0.3 is 5.32 Å². The third-order valence-electron chi connectivity index (χ3n) is 2.07. The summed E-state index contributed by atoms with van der Waals surface area (Å²) in [6, 6.07) is 5.58. The van der Waals surface area contributed by atoms with Crippen LogP contribution in [-0.2, 0) is 0 Å². The van der Waals surface area contributed by atoms with Crippen molar-refractivity contribution in [2.75, 3.05) is 12.4 Å². The highest BCUT2D eigenvalue weighted by atomic mass is 79.9. The Morgan fingerprint density at radius 3 is 2.88 bits per heavy atom. The molecular weight excluding hydrogens is 289 g/mol. The fraction of sp³-hybridized carbons (Fsp3) is 0.250. The first-order chi connectivity index (χ1) is 7.65. The molecular formula is C12H13BrClNO. The van der Waals surface area contributed by atoms with Gasteiger partial charge in [-0.2, -0.15) is 0 Å². The molecule has 2 nitrogen and oxygen atoms in total. The number of alkyl halides is 1. The molecule has 0 saturated carbocycles. The van der Waals surface area contributed by atoms with Crippen molar-refractivity contribution in [3.63, 3.8) is 0 Å². The summed E-state index contributed by atoms with van der Waals surface area (Å²) in [6.45, 7) is 2.41. The molecule has 1 rings (SSSR count). The van der Waals surface area contributed by atoms with Gasteiger partial charge in [0.15, 0.2) is 0 Å². The van der Waals surface area contributed by atoms with Crippen LogP contribution in [0.1, 0.15) is 15.9 Å². The van der Waals surface area contributed by atoms with E-state index in [1.54, 1.807) is 12.1 Å². The molecule has 0 radical (unpaired) electrons. The van der Waals surface area contributed by atoms with E-state index in [9.17, 15) is 4.79 Å². The second-order valence-electron chi connectivity index (χ2n) is 3.29. The van der Waals surface area contributed by atoms with Crippen LogP contribution in [0.15, 0.2) is 34.8 Å². The van der Waals surface area contributed by atoms with Crippen molar-refractivity contribution in [2.24, 2.45) is 0 Å². The van der Waals surface area contributed by atoms with Crippen LogP contribution in [0, 0.1) is 6.92 Å². The van der Waals surface area contributed by atoms with E-state index < -0.39 is 0 Å². The van der Waals surface area contributed by atoms with Gasteiger partial charge in [-0.15, -0.1) is 11.6 Å². The molecule has 0 fully saturated rings. The smallest absolute Gasteiger partial charge is 0.251 e. The average Bonchev–Trinajstić information content (AvgIpc) is 2.24. The second kappa shape index (κ2) is 6.71. The van der Waals surface area contributed by atoms with Gasteiger partial charge in [-0.3, -0.25) is 4.79 Å². The summed E-state index contributed by atoms with van der Waals surface area (Å²) >= 11 is 8.83. The maximum absolute atomic E-state index is 11.7. The maximum Gasteiger partial charge on any atom is 0.251 e. The summed E-state index contributed by atoms with van der Waals surface area (Å²) in [4.78, 5) is 11.7. The van der Waals surface area contributed by atoms with Gasteiger partial charge in [0.2, 0.25) is 0 Å². The molecule has 1 N–H and O–H groups in total. The average molecular weight is 303 g/mol. The molecule has 0 saturated heterocycles. The van der Waals surface area contributed by atoms with Crippen LogP contribution in [0.25, 0.3) is 0 Å². The minimum absolute atomic E-state index is 0.0655. The normalized spacial score (nSPS) is 10.7. The van der Waals surface area contributed by atoms with Gasteiger partial charge in [0, 0.05) is 22.5 Å². The molecule has 1 aromatic rings. The molecule has 1 amide bonds. The van der Waals surface area contributed by atoms with Gasteiger partial charge in [0.05, 0.1) is 0 Å². The van der Waals surface area contributed by atoms with Crippen LogP contribution in [0.5, 0.6) is 0 Å². The minimum Gasteiger partial charge on any atom is -0.349 e. The van der Waals surface area contributed by atoms with E-state index in [0.717, 1.165) is 10.0 Å². The van der Waals surface area contributed by atoms with Gasteiger partial charge in [-0.25, -0.2) is 0 Å². The highest BCUT2D eigenvalue weighted by Crippen LogP contribution is 2.15.